The van der Waals surface area contributed by atoms with Gasteiger partial charge < -0.3 is 9.64 Å². The predicted octanol–water partition coefficient (Wildman–Crippen LogP) is 1.08. The van der Waals surface area contributed by atoms with Crippen LogP contribution in [0.2, 0.25) is 0 Å². The second-order valence-corrected chi connectivity index (χ2v) is 3.76. The topological polar surface area (TPSA) is 29.5 Å². The quantitative estimate of drug-likeness (QED) is 0.656. The molecule has 1 aliphatic carbocycles. The van der Waals surface area contributed by atoms with Crippen LogP contribution >= 0.6 is 0 Å². The number of Topliss-reactive ketones (excluding diaryl/α,β-unsaturated/α-hetero) is 1. The Morgan fingerprint density at radius 3 is 3.00 bits per heavy atom. The van der Waals surface area contributed by atoms with Gasteiger partial charge in [-0.1, -0.05) is 0 Å². The first kappa shape index (κ1) is 10.7. The molecular weight excluding hydrogens is 166 g/mol. The molecule has 1 aliphatic rings. The van der Waals surface area contributed by atoms with E-state index < -0.39 is 0 Å². The Labute approximate surface area is 80.1 Å². The second-order valence-electron chi connectivity index (χ2n) is 3.76. The molecule has 3 nitrogen and oxygen atoms in total. The van der Waals surface area contributed by atoms with Gasteiger partial charge in [0.25, 0.3) is 0 Å². The molecule has 1 saturated carbocycles. The van der Waals surface area contributed by atoms with Gasteiger partial charge in [-0.05, 0) is 19.9 Å². The van der Waals surface area contributed by atoms with Crippen LogP contribution in [0.5, 0.6) is 0 Å². The molecule has 0 N–H and O–H groups in total. The van der Waals surface area contributed by atoms with Crippen LogP contribution in [0.15, 0.2) is 0 Å². The highest BCUT2D eigenvalue weighted by Crippen LogP contribution is 2.18. The molecule has 0 saturated heterocycles. The van der Waals surface area contributed by atoms with Gasteiger partial charge in [0.2, 0.25) is 0 Å². The number of hydrogen-bond acceptors (Lipinski definition) is 3. The molecule has 0 aromatic carbocycles. The molecule has 3 heteroatoms. The van der Waals surface area contributed by atoms with E-state index >= 15 is 0 Å². The second kappa shape index (κ2) is 5.35. The first-order chi connectivity index (χ1) is 6.24. The van der Waals surface area contributed by atoms with E-state index in [9.17, 15) is 4.79 Å². The average molecular weight is 185 g/mol. The summed E-state index contributed by atoms with van der Waals surface area (Å²) >= 11 is 0. The van der Waals surface area contributed by atoms with Crippen LogP contribution in [0.3, 0.4) is 0 Å². The number of nitrogens with zero attached hydrogens (tertiary/aromatic N) is 1. The lowest BCUT2D eigenvalue weighted by Crippen LogP contribution is -2.38. The van der Waals surface area contributed by atoms with E-state index in [1.54, 1.807) is 7.11 Å². The fourth-order valence-electron chi connectivity index (χ4n) is 1.80. The molecule has 76 valence electrons. The normalized spacial score (nSPS) is 23.9. The van der Waals surface area contributed by atoms with E-state index in [2.05, 4.69) is 11.9 Å². The van der Waals surface area contributed by atoms with E-state index in [0.29, 0.717) is 11.8 Å². The fourth-order valence-corrected chi connectivity index (χ4v) is 1.80. The first-order valence-corrected chi connectivity index (χ1v) is 4.95. The van der Waals surface area contributed by atoms with Gasteiger partial charge in [0, 0.05) is 32.5 Å². The average Bonchev–Trinajstić information content (AvgIpc) is 2.14. The van der Waals surface area contributed by atoms with Crippen LogP contribution in [-0.2, 0) is 9.53 Å². The lowest BCUT2D eigenvalue weighted by Gasteiger charge is -2.30. The number of hydrogen-bond donors (Lipinski definition) is 0. The van der Waals surface area contributed by atoms with Gasteiger partial charge in [-0.15, -0.1) is 0 Å². The summed E-state index contributed by atoms with van der Waals surface area (Å²) in [5.41, 5.74) is 0. The molecule has 0 heterocycles. The summed E-state index contributed by atoms with van der Waals surface area (Å²) in [6, 6.07) is 0.455. The zero-order valence-electron chi connectivity index (χ0n) is 8.58. The van der Waals surface area contributed by atoms with Crippen LogP contribution in [0.1, 0.15) is 25.7 Å². The van der Waals surface area contributed by atoms with Crippen molar-refractivity contribution < 1.29 is 9.53 Å². The maximum absolute atomic E-state index is 11.2. The smallest absolute Gasteiger partial charge is 0.134 e. The van der Waals surface area contributed by atoms with E-state index in [0.717, 1.165) is 38.8 Å². The SMILES string of the molecule is COCCN(C)C1CCCC(=O)C1. The molecule has 0 aromatic heterocycles. The van der Waals surface area contributed by atoms with Gasteiger partial charge >= 0.3 is 0 Å². The summed E-state index contributed by atoms with van der Waals surface area (Å²) in [5, 5.41) is 0. The third-order valence-electron chi connectivity index (χ3n) is 2.73. The highest BCUT2D eigenvalue weighted by atomic mass is 16.5. The third kappa shape index (κ3) is 3.44. The summed E-state index contributed by atoms with van der Waals surface area (Å²) in [6.07, 6.45) is 3.74. The van der Waals surface area contributed by atoms with Crippen molar-refractivity contribution >= 4 is 5.78 Å². The molecule has 0 amide bonds. The first-order valence-electron chi connectivity index (χ1n) is 4.95. The predicted molar refractivity (Wildman–Crippen MR) is 51.8 cm³/mol. The monoisotopic (exact) mass is 185 g/mol. The lowest BCUT2D eigenvalue weighted by atomic mass is 9.93. The molecule has 0 aromatic rings. The number of ketones is 1. The van der Waals surface area contributed by atoms with Gasteiger partial charge in [-0.3, -0.25) is 4.79 Å². The highest BCUT2D eigenvalue weighted by molar-refractivity contribution is 5.79. The third-order valence-corrected chi connectivity index (χ3v) is 2.73. The molecular formula is C10H19NO2. The zero-order chi connectivity index (χ0) is 9.68. The van der Waals surface area contributed by atoms with Crippen molar-refractivity contribution in [2.75, 3.05) is 27.3 Å². The number of likely N-dealkylation sites (N-methyl/N-ethyl adjacent to an activating group) is 1. The highest BCUT2D eigenvalue weighted by Gasteiger charge is 2.22. The summed E-state index contributed by atoms with van der Waals surface area (Å²) in [4.78, 5) is 13.4. The maximum Gasteiger partial charge on any atom is 0.134 e. The summed E-state index contributed by atoms with van der Waals surface area (Å²) in [5.74, 6) is 0.417. The van der Waals surface area contributed by atoms with Crippen LogP contribution in [0.25, 0.3) is 0 Å². The Balaban J connectivity index is 2.28. The van der Waals surface area contributed by atoms with Gasteiger partial charge in [0.1, 0.15) is 5.78 Å². The maximum atomic E-state index is 11.2. The van der Waals surface area contributed by atoms with Crippen molar-refractivity contribution in [1.82, 2.24) is 4.90 Å². The lowest BCUT2D eigenvalue weighted by molar-refractivity contribution is -0.121. The molecule has 1 unspecified atom stereocenters. The van der Waals surface area contributed by atoms with Crippen molar-refractivity contribution in [1.29, 1.82) is 0 Å². The summed E-state index contributed by atoms with van der Waals surface area (Å²) in [7, 11) is 3.78. The van der Waals surface area contributed by atoms with Gasteiger partial charge in [0.15, 0.2) is 0 Å². The number of carbonyl (C=O) groups excluding carboxylic acids is 1. The van der Waals surface area contributed by atoms with Crippen molar-refractivity contribution in [3.63, 3.8) is 0 Å². The Morgan fingerprint density at radius 1 is 1.62 bits per heavy atom. The molecule has 1 fully saturated rings. The zero-order valence-corrected chi connectivity index (χ0v) is 8.58. The van der Waals surface area contributed by atoms with Gasteiger partial charge in [-0.25, -0.2) is 0 Å². The van der Waals surface area contributed by atoms with E-state index in [1.165, 1.54) is 0 Å². The van der Waals surface area contributed by atoms with Crippen molar-refractivity contribution in [3.05, 3.63) is 0 Å². The molecule has 1 rings (SSSR count). The molecule has 0 radical (unpaired) electrons. The van der Waals surface area contributed by atoms with E-state index in [-0.39, 0.29) is 0 Å². The molecule has 13 heavy (non-hydrogen) atoms. The number of methoxy groups -OCH3 is 1. The minimum absolute atomic E-state index is 0.417. The molecule has 0 aliphatic heterocycles. The number of ether oxygens (including phenoxy) is 1. The van der Waals surface area contributed by atoms with Crippen molar-refractivity contribution in [2.24, 2.45) is 0 Å². The minimum atomic E-state index is 0.417. The van der Waals surface area contributed by atoms with Gasteiger partial charge in [0.05, 0.1) is 6.61 Å². The molecule has 0 bridgehead atoms. The van der Waals surface area contributed by atoms with Crippen molar-refractivity contribution in [2.45, 2.75) is 31.7 Å². The Bertz CT molecular complexity index is 170. The van der Waals surface area contributed by atoms with Crippen LogP contribution in [-0.4, -0.2) is 44.0 Å². The Morgan fingerprint density at radius 2 is 2.38 bits per heavy atom. The largest absolute Gasteiger partial charge is 0.383 e. The van der Waals surface area contributed by atoms with Crippen molar-refractivity contribution in [3.8, 4) is 0 Å². The van der Waals surface area contributed by atoms with E-state index in [4.69, 9.17) is 4.74 Å². The number of rotatable bonds is 4. The summed E-state index contributed by atoms with van der Waals surface area (Å²) in [6.45, 7) is 1.68. The van der Waals surface area contributed by atoms with Gasteiger partial charge in [-0.2, -0.15) is 0 Å². The Kier molecular flexibility index (Phi) is 4.39. The Hall–Kier alpha value is -0.410. The van der Waals surface area contributed by atoms with Crippen LogP contribution in [0.4, 0.5) is 0 Å². The van der Waals surface area contributed by atoms with E-state index in [1.807, 2.05) is 0 Å². The van der Waals surface area contributed by atoms with Crippen LogP contribution < -0.4 is 0 Å². The minimum Gasteiger partial charge on any atom is -0.383 e. The fraction of sp³-hybridized carbons (Fsp3) is 0.900. The number of carbonyl (C=O) groups is 1. The summed E-state index contributed by atoms with van der Waals surface area (Å²) < 4.78 is 5.00. The molecule has 0 spiro atoms. The standard InChI is InChI=1S/C10H19NO2/c1-11(6-7-13-2)9-4-3-5-10(12)8-9/h9H,3-8H2,1-2H3. The molecule has 1 atom stereocenters. The van der Waals surface area contributed by atoms with Crippen LogP contribution in [0, 0.1) is 0 Å².